The fourth-order valence-electron chi connectivity index (χ4n) is 3.18. The zero-order valence-corrected chi connectivity index (χ0v) is 14.6. The second-order valence-corrected chi connectivity index (χ2v) is 7.20. The van der Waals surface area contributed by atoms with Crippen LogP contribution in [0.4, 0.5) is 0 Å². The quantitative estimate of drug-likeness (QED) is 0.646. The Labute approximate surface area is 136 Å². The highest BCUT2D eigenvalue weighted by Crippen LogP contribution is 2.35. The molecule has 1 atom stereocenters. The summed E-state index contributed by atoms with van der Waals surface area (Å²) < 4.78 is 1.13. The van der Waals surface area contributed by atoms with Crippen LogP contribution in [0, 0.1) is 5.92 Å². The smallest absolute Gasteiger partial charge is 0.0417 e. The van der Waals surface area contributed by atoms with Gasteiger partial charge in [0.25, 0.3) is 0 Å². The Morgan fingerprint density at radius 2 is 2.05 bits per heavy atom. The zero-order valence-electron chi connectivity index (χ0n) is 12.3. The van der Waals surface area contributed by atoms with Crippen LogP contribution < -0.4 is 5.32 Å². The van der Waals surface area contributed by atoms with E-state index >= 15 is 0 Å². The fraction of sp³-hybridized carbons (Fsp3) is 0.647. The molecule has 1 saturated carbocycles. The van der Waals surface area contributed by atoms with Gasteiger partial charge >= 0.3 is 0 Å². The molecule has 0 aromatic heterocycles. The molecule has 1 fully saturated rings. The predicted octanol–water partition coefficient (Wildman–Crippen LogP) is 6.11. The van der Waals surface area contributed by atoms with Crippen molar-refractivity contribution >= 4 is 27.5 Å². The van der Waals surface area contributed by atoms with Crippen molar-refractivity contribution in [1.82, 2.24) is 5.32 Å². The minimum Gasteiger partial charge on any atom is -0.310 e. The lowest BCUT2D eigenvalue weighted by atomic mass is 9.83. The van der Waals surface area contributed by atoms with Gasteiger partial charge in [0.1, 0.15) is 0 Å². The second kappa shape index (κ2) is 8.41. The molecule has 0 aliphatic heterocycles. The van der Waals surface area contributed by atoms with Gasteiger partial charge in [-0.1, -0.05) is 72.6 Å². The Kier molecular flexibility index (Phi) is 6.86. The number of hydrogen-bond acceptors (Lipinski definition) is 1. The van der Waals surface area contributed by atoms with Crippen LogP contribution in [0.25, 0.3) is 0 Å². The first-order chi connectivity index (χ1) is 9.70. The highest BCUT2D eigenvalue weighted by Gasteiger charge is 2.21. The summed E-state index contributed by atoms with van der Waals surface area (Å²) in [5.41, 5.74) is 1.36. The molecule has 0 radical (unpaired) electrons. The molecule has 1 aromatic carbocycles. The van der Waals surface area contributed by atoms with E-state index in [4.69, 9.17) is 11.6 Å². The van der Waals surface area contributed by atoms with Gasteiger partial charge in [0.2, 0.25) is 0 Å². The van der Waals surface area contributed by atoms with Crippen LogP contribution >= 0.6 is 27.5 Å². The Hall–Kier alpha value is -0.0500. The molecule has 1 aliphatic rings. The third-order valence-electron chi connectivity index (χ3n) is 4.27. The van der Waals surface area contributed by atoms with Gasteiger partial charge in [-0.25, -0.2) is 0 Å². The minimum atomic E-state index is 0.449. The number of halogens is 2. The third kappa shape index (κ3) is 4.75. The van der Waals surface area contributed by atoms with Crippen molar-refractivity contribution in [2.45, 2.75) is 57.9 Å². The fourth-order valence-corrected chi connectivity index (χ4v) is 4.14. The largest absolute Gasteiger partial charge is 0.310 e. The summed E-state index contributed by atoms with van der Waals surface area (Å²) in [6.45, 7) is 3.30. The van der Waals surface area contributed by atoms with Crippen molar-refractivity contribution < 1.29 is 0 Å². The van der Waals surface area contributed by atoms with Gasteiger partial charge in [0, 0.05) is 15.5 Å². The van der Waals surface area contributed by atoms with Crippen molar-refractivity contribution in [3.63, 3.8) is 0 Å². The molecular formula is C17H25BrClN. The van der Waals surface area contributed by atoms with Crippen molar-refractivity contribution in [3.8, 4) is 0 Å². The van der Waals surface area contributed by atoms with Crippen LogP contribution in [0.1, 0.15) is 63.5 Å². The first-order valence-electron chi connectivity index (χ1n) is 7.89. The normalized spacial score (nSPS) is 18.1. The first kappa shape index (κ1) is 16.3. The summed E-state index contributed by atoms with van der Waals surface area (Å²) in [7, 11) is 0. The van der Waals surface area contributed by atoms with Crippen LogP contribution in [0.3, 0.4) is 0 Å². The molecule has 0 amide bonds. The molecule has 0 bridgehead atoms. The Balaban J connectivity index is 2.08. The molecule has 3 heteroatoms. The van der Waals surface area contributed by atoms with E-state index in [-0.39, 0.29) is 0 Å². The van der Waals surface area contributed by atoms with Crippen molar-refractivity contribution in [2.75, 3.05) is 6.54 Å². The average molecular weight is 359 g/mol. The Morgan fingerprint density at radius 1 is 1.30 bits per heavy atom. The molecule has 20 heavy (non-hydrogen) atoms. The lowest BCUT2D eigenvalue weighted by molar-refractivity contribution is 0.299. The first-order valence-corrected chi connectivity index (χ1v) is 9.06. The molecule has 1 aromatic rings. The van der Waals surface area contributed by atoms with Gasteiger partial charge in [0.15, 0.2) is 0 Å². The van der Waals surface area contributed by atoms with Crippen molar-refractivity contribution in [2.24, 2.45) is 5.92 Å². The number of rotatable bonds is 6. The Bertz CT molecular complexity index is 415. The molecule has 0 spiro atoms. The standard InChI is InChI=1S/C17H25BrClN/c1-2-10-20-17(11-13-6-4-3-5-7-13)15-9-8-14(19)12-16(15)18/h8-9,12-13,17,20H,2-7,10-11H2,1H3. The number of nitrogens with one attached hydrogen (secondary N) is 1. The number of benzene rings is 1. The topological polar surface area (TPSA) is 12.0 Å². The monoisotopic (exact) mass is 357 g/mol. The molecular weight excluding hydrogens is 334 g/mol. The molecule has 1 aliphatic carbocycles. The maximum Gasteiger partial charge on any atom is 0.0417 e. The van der Waals surface area contributed by atoms with E-state index in [1.807, 2.05) is 12.1 Å². The van der Waals surface area contributed by atoms with Gasteiger partial charge in [-0.05, 0) is 43.0 Å². The van der Waals surface area contributed by atoms with Gasteiger partial charge in [-0.2, -0.15) is 0 Å². The van der Waals surface area contributed by atoms with Crippen LogP contribution in [0.15, 0.2) is 22.7 Å². The summed E-state index contributed by atoms with van der Waals surface area (Å²) in [5.74, 6) is 0.876. The lowest BCUT2D eigenvalue weighted by Gasteiger charge is -2.28. The second-order valence-electron chi connectivity index (χ2n) is 5.91. The van der Waals surface area contributed by atoms with Crippen LogP contribution in [-0.2, 0) is 0 Å². The molecule has 1 N–H and O–H groups in total. The summed E-state index contributed by atoms with van der Waals surface area (Å²) in [5, 5.41) is 4.52. The minimum absolute atomic E-state index is 0.449. The average Bonchev–Trinajstić information content (AvgIpc) is 2.45. The van der Waals surface area contributed by atoms with Gasteiger partial charge in [-0.15, -0.1) is 0 Å². The molecule has 2 rings (SSSR count). The maximum absolute atomic E-state index is 6.07. The zero-order chi connectivity index (χ0) is 14.4. The SMILES string of the molecule is CCCNC(CC1CCCCC1)c1ccc(Cl)cc1Br. The van der Waals surface area contributed by atoms with E-state index in [1.165, 1.54) is 50.5 Å². The van der Waals surface area contributed by atoms with E-state index in [2.05, 4.69) is 34.2 Å². The van der Waals surface area contributed by atoms with Gasteiger partial charge < -0.3 is 5.32 Å². The van der Waals surface area contributed by atoms with E-state index in [0.29, 0.717) is 6.04 Å². The highest BCUT2D eigenvalue weighted by molar-refractivity contribution is 9.10. The van der Waals surface area contributed by atoms with Crippen molar-refractivity contribution in [3.05, 3.63) is 33.3 Å². The van der Waals surface area contributed by atoms with E-state index in [1.54, 1.807) is 0 Å². The van der Waals surface area contributed by atoms with Gasteiger partial charge in [-0.3, -0.25) is 0 Å². The molecule has 0 heterocycles. The molecule has 1 unspecified atom stereocenters. The van der Waals surface area contributed by atoms with E-state index in [9.17, 15) is 0 Å². The van der Waals surface area contributed by atoms with Crippen molar-refractivity contribution in [1.29, 1.82) is 0 Å². The van der Waals surface area contributed by atoms with Crippen LogP contribution in [0.5, 0.6) is 0 Å². The van der Waals surface area contributed by atoms with Gasteiger partial charge in [0.05, 0.1) is 0 Å². The summed E-state index contributed by atoms with van der Waals surface area (Å²) in [6, 6.07) is 6.63. The number of hydrogen-bond donors (Lipinski definition) is 1. The summed E-state index contributed by atoms with van der Waals surface area (Å²) in [4.78, 5) is 0. The lowest BCUT2D eigenvalue weighted by Crippen LogP contribution is -2.25. The maximum atomic E-state index is 6.07. The summed E-state index contributed by atoms with van der Waals surface area (Å²) in [6.07, 6.45) is 9.46. The summed E-state index contributed by atoms with van der Waals surface area (Å²) >= 11 is 9.75. The molecule has 112 valence electrons. The van der Waals surface area contributed by atoms with Crippen LogP contribution in [-0.4, -0.2) is 6.54 Å². The van der Waals surface area contributed by atoms with E-state index < -0.39 is 0 Å². The van der Waals surface area contributed by atoms with E-state index in [0.717, 1.165) is 22.0 Å². The predicted molar refractivity (Wildman–Crippen MR) is 91.4 cm³/mol. The molecule has 0 saturated heterocycles. The van der Waals surface area contributed by atoms with Crippen LogP contribution in [0.2, 0.25) is 5.02 Å². The Morgan fingerprint density at radius 3 is 2.70 bits per heavy atom. The highest BCUT2D eigenvalue weighted by atomic mass is 79.9. The molecule has 1 nitrogen and oxygen atoms in total. The third-order valence-corrected chi connectivity index (χ3v) is 5.19.